The summed E-state index contributed by atoms with van der Waals surface area (Å²) in [5.74, 6) is 0.968. The predicted octanol–water partition coefficient (Wildman–Crippen LogP) is 2.58. The average molecular weight is 342 g/mol. The van der Waals surface area contributed by atoms with Gasteiger partial charge < -0.3 is 9.84 Å². The number of benzene rings is 1. The Morgan fingerprint density at radius 3 is 3.04 bits per heavy atom. The van der Waals surface area contributed by atoms with Crippen LogP contribution in [0.15, 0.2) is 28.8 Å². The van der Waals surface area contributed by atoms with Gasteiger partial charge in [0.15, 0.2) is 5.82 Å². The van der Waals surface area contributed by atoms with Crippen molar-refractivity contribution >= 4 is 5.91 Å². The van der Waals surface area contributed by atoms with Crippen LogP contribution in [0, 0.1) is 12.8 Å². The van der Waals surface area contributed by atoms with E-state index in [1.165, 1.54) is 30.4 Å². The van der Waals surface area contributed by atoms with Crippen LogP contribution in [0.3, 0.4) is 0 Å². The van der Waals surface area contributed by atoms with Crippen molar-refractivity contribution in [3.05, 3.63) is 47.1 Å². The standard InChI is InChI=1S/C19H26N4O2/c1-14-6-3-4-8-16(14)10-9-15-7-5-11-23(12-15)13-17-21-19(25-22-17)18(24)20-2/h3-4,6,8,15H,5,7,9-13H2,1-2H3,(H,20,24)/t15-/m1/s1. The molecule has 1 amide bonds. The first kappa shape index (κ1) is 17.6. The predicted molar refractivity (Wildman–Crippen MR) is 95.2 cm³/mol. The normalized spacial score (nSPS) is 18.2. The highest BCUT2D eigenvalue weighted by atomic mass is 16.5. The van der Waals surface area contributed by atoms with Crippen molar-refractivity contribution in [3.8, 4) is 0 Å². The van der Waals surface area contributed by atoms with Gasteiger partial charge in [0.25, 0.3) is 0 Å². The Balaban J connectivity index is 1.52. The van der Waals surface area contributed by atoms with E-state index in [9.17, 15) is 4.79 Å². The zero-order valence-corrected chi connectivity index (χ0v) is 15.0. The number of nitrogens with one attached hydrogen (secondary N) is 1. The zero-order chi connectivity index (χ0) is 17.6. The summed E-state index contributed by atoms with van der Waals surface area (Å²) < 4.78 is 5.00. The van der Waals surface area contributed by atoms with Crippen LogP contribution in [-0.4, -0.2) is 41.1 Å². The van der Waals surface area contributed by atoms with E-state index in [0.717, 1.165) is 19.5 Å². The Labute approximate surface area is 148 Å². The second-order valence-corrected chi connectivity index (χ2v) is 6.80. The zero-order valence-electron chi connectivity index (χ0n) is 15.0. The molecule has 1 atom stereocenters. The van der Waals surface area contributed by atoms with Crippen LogP contribution in [0.25, 0.3) is 0 Å². The van der Waals surface area contributed by atoms with Gasteiger partial charge in [-0.3, -0.25) is 9.69 Å². The monoisotopic (exact) mass is 342 g/mol. The van der Waals surface area contributed by atoms with E-state index in [1.54, 1.807) is 7.05 Å². The Hall–Kier alpha value is -2.21. The SMILES string of the molecule is CNC(=O)c1nc(CN2CCC[C@H](CCc3ccccc3C)C2)no1. The maximum absolute atomic E-state index is 11.5. The van der Waals surface area contributed by atoms with Crippen molar-refractivity contribution in [2.24, 2.45) is 5.92 Å². The molecule has 0 unspecified atom stereocenters. The van der Waals surface area contributed by atoms with Gasteiger partial charge in [-0.2, -0.15) is 4.98 Å². The number of carbonyl (C=O) groups is 1. The Morgan fingerprint density at radius 2 is 2.24 bits per heavy atom. The van der Waals surface area contributed by atoms with Crippen LogP contribution in [0.2, 0.25) is 0 Å². The van der Waals surface area contributed by atoms with Crippen LogP contribution >= 0.6 is 0 Å². The molecule has 0 saturated carbocycles. The second-order valence-electron chi connectivity index (χ2n) is 6.80. The van der Waals surface area contributed by atoms with E-state index in [0.29, 0.717) is 18.3 Å². The van der Waals surface area contributed by atoms with Crippen molar-refractivity contribution in [2.75, 3.05) is 20.1 Å². The molecular weight excluding hydrogens is 316 g/mol. The van der Waals surface area contributed by atoms with Crippen LogP contribution in [0.5, 0.6) is 0 Å². The van der Waals surface area contributed by atoms with E-state index >= 15 is 0 Å². The topological polar surface area (TPSA) is 71.3 Å². The lowest BCUT2D eigenvalue weighted by atomic mass is 9.90. The number of hydrogen-bond acceptors (Lipinski definition) is 5. The highest BCUT2D eigenvalue weighted by Crippen LogP contribution is 2.23. The van der Waals surface area contributed by atoms with Gasteiger partial charge in [0.1, 0.15) is 0 Å². The molecule has 1 fully saturated rings. The number of aryl methyl sites for hydroxylation is 2. The van der Waals surface area contributed by atoms with E-state index < -0.39 is 0 Å². The molecule has 1 N–H and O–H groups in total. The lowest BCUT2D eigenvalue weighted by molar-refractivity contribution is 0.0919. The summed E-state index contributed by atoms with van der Waals surface area (Å²) in [6.45, 7) is 4.92. The summed E-state index contributed by atoms with van der Waals surface area (Å²) in [6, 6.07) is 8.63. The third kappa shape index (κ3) is 4.66. The number of likely N-dealkylation sites (tertiary alicyclic amines) is 1. The van der Waals surface area contributed by atoms with Crippen molar-refractivity contribution in [1.29, 1.82) is 0 Å². The Bertz CT molecular complexity index is 713. The third-order valence-electron chi connectivity index (χ3n) is 4.94. The molecule has 0 aliphatic carbocycles. The summed E-state index contributed by atoms with van der Waals surface area (Å²) in [6.07, 6.45) is 4.81. The summed E-state index contributed by atoms with van der Waals surface area (Å²) >= 11 is 0. The summed E-state index contributed by atoms with van der Waals surface area (Å²) in [7, 11) is 1.55. The molecule has 2 heterocycles. The lowest BCUT2D eigenvalue weighted by Gasteiger charge is -2.32. The Morgan fingerprint density at radius 1 is 1.40 bits per heavy atom. The van der Waals surface area contributed by atoms with Gasteiger partial charge in [-0.25, -0.2) is 0 Å². The molecule has 0 spiro atoms. The summed E-state index contributed by atoms with van der Waals surface area (Å²) in [5, 5.41) is 6.41. The minimum absolute atomic E-state index is 0.0330. The smallest absolute Gasteiger partial charge is 0.315 e. The maximum atomic E-state index is 11.5. The molecule has 0 bridgehead atoms. The number of rotatable bonds is 6. The van der Waals surface area contributed by atoms with Crippen LogP contribution in [-0.2, 0) is 13.0 Å². The van der Waals surface area contributed by atoms with E-state index in [2.05, 4.69) is 51.5 Å². The van der Waals surface area contributed by atoms with Crippen LogP contribution < -0.4 is 5.32 Å². The molecular formula is C19H26N4O2. The third-order valence-corrected chi connectivity index (χ3v) is 4.94. The fourth-order valence-electron chi connectivity index (χ4n) is 3.50. The molecule has 134 valence electrons. The van der Waals surface area contributed by atoms with Gasteiger partial charge in [-0.1, -0.05) is 29.4 Å². The fraction of sp³-hybridized carbons (Fsp3) is 0.526. The second kappa shape index (κ2) is 8.25. The number of hydrogen-bond donors (Lipinski definition) is 1. The first-order valence-corrected chi connectivity index (χ1v) is 8.97. The van der Waals surface area contributed by atoms with Gasteiger partial charge in [0, 0.05) is 13.6 Å². The first-order valence-electron chi connectivity index (χ1n) is 8.97. The fourth-order valence-corrected chi connectivity index (χ4v) is 3.50. The van der Waals surface area contributed by atoms with Crippen LogP contribution in [0.4, 0.5) is 0 Å². The molecule has 3 rings (SSSR count). The Kier molecular flexibility index (Phi) is 5.81. The number of piperidine rings is 1. The first-order chi connectivity index (χ1) is 12.2. The average Bonchev–Trinajstić information content (AvgIpc) is 3.09. The minimum Gasteiger partial charge on any atom is -0.351 e. The molecule has 0 radical (unpaired) electrons. The van der Waals surface area contributed by atoms with Crippen molar-refractivity contribution in [1.82, 2.24) is 20.4 Å². The molecule has 6 heteroatoms. The van der Waals surface area contributed by atoms with Gasteiger partial charge in [0.2, 0.25) is 0 Å². The number of amides is 1. The van der Waals surface area contributed by atoms with Gasteiger partial charge >= 0.3 is 11.8 Å². The number of aromatic nitrogens is 2. The summed E-state index contributed by atoms with van der Waals surface area (Å²) in [4.78, 5) is 18.0. The number of nitrogens with zero attached hydrogens (tertiary/aromatic N) is 3. The van der Waals surface area contributed by atoms with Gasteiger partial charge in [-0.15, -0.1) is 0 Å². The van der Waals surface area contributed by atoms with Gasteiger partial charge in [-0.05, 0) is 56.2 Å². The van der Waals surface area contributed by atoms with E-state index in [1.807, 2.05) is 0 Å². The largest absolute Gasteiger partial charge is 0.351 e. The molecule has 2 aromatic rings. The minimum atomic E-state index is -0.339. The number of carbonyl (C=O) groups excluding carboxylic acids is 1. The molecule has 6 nitrogen and oxygen atoms in total. The molecule has 1 aliphatic heterocycles. The van der Waals surface area contributed by atoms with E-state index in [-0.39, 0.29) is 11.8 Å². The van der Waals surface area contributed by atoms with Crippen molar-refractivity contribution in [3.63, 3.8) is 0 Å². The molecule has 1 aliphatic rings. The van der Waals surface area contributed by atoms with E-state index in [4.69, 9.17) is 4.52 Å². The molecule has 1 saturated heterocycles. The van der Waals surface area contributed by atoms with Crippen molar-refractivity contribution < 1.29 is 9.32 Å². The highest BCUT2D eigenvalue weighted by molar-refractivity contribution is 5.89. The molecule has 1 aromatic carbocycles. The molecule has 25 heavy (non-hydrogen) atoms. The van der Waals surface area contributed by atoms with Crippen LogP contribution in [0.1, 0.15) is 46.9 Å². The quantitative estimate of drug-likeness (QED) is 0.874. The van der Waals surface area contributed by atoms with Gasteiger partial charge in [0.05, 0.1) is 6.54 Å². The summed E-state index contributed by atoms with van der Waals surface area (Å²) in [5.41, 5.74) is 2.83. The van der Waals surface area contributed by atoms with Crippen molar-refractivity contribution in [2.45, 2.75) is 39.2 Å². The molecule has 1 aromatic heterocycles. The lowest BCUT2D eigenvalue weighted by Crippen LogP contribution is -2.35. The maximum Gasteiger partial charge on any atom is 0.315 e. The highest BCUT2D eigenvalue weighted by Gasteiger charge is 2.22.